The van der Waals surface area contributed by atoms with Crippen molar-refractivity contribution in [2.75, 3.05) is 20.2 Å². The van der Waals surface area contributed by atoms with E-state index in [2.05, 4.69) is 11.5 Å². The first-order chi connectivity index (χ1) is 11.6. The monoisotopic (exact) mass is 325 g/mol. The van der Waals surface area contributed by atoms with Gasteiger partial charge in [0, 0.05) is 13.1 Å². The molecule has 0 aliphatic carbocycles. The second kappa shape index (κ2) is 8.89. The molecule has 126 valence electrons. The Kier molecular flexibility index (Phi) is 6.58. The SMILES string of the molecule is C=CCc1ccccc1OCCN(C)Cc1ccccc1C(=O)O. The van der Waals surface area contributed by atoms with Crippen molar-refractivity contribution >= 4 is 5.97 Å². The first-order valence-electron chi connectivity index (χ1n) is 7.93. The Morgan fingerprint density at radius 3 is 2.54 bits per heavy atom. The maximum atomic E-state index is 11.3. The molecule has 1 N–H and O–H groups in total. The van der Waals surface area contributed by atoms with Crippen molar-refractivity contribution in [1.29, 1.82) is 0 Å². The van der Waals surface area contributed by atoms with Crippen molar-refractivity contribution in [3.8, 4) is 5.75 Å². The van der Waals surface area contributed by atoms with Gasteiger partial charge in [0.15, 0.2) is 0 Å². The van der Waals surface area contributed by atoms with Crippen LogP contribution in [0.15, 0.2) is 61.2 Å². The lowest BCUT2D eigenvalue weighted by atomic mass is 10.1. The molecular formula is C20H23NO3. The van der Waals surface area contributed by atoms with Crippen molar-refractivity contribution in [2.45, 2.75) is 13.0 Å². The number of likely N-dealkylation sites (N-methyl/N-ethyl adjacent to an activating group) is 1. The topological polar surface area (TPSA) is 49.8 Å². The third-order valence-corrected chi connectivity index (χ3v) is 3.76. The number of aromatic carboxylic acids is 1. The van der Waals surface area contributed by atoms with Gasteiger partial charge in [0.1, 0.15) is 12.4 Å². The molecule has 0 aliphatic rings. The van der Waals surface area contributed by atoms with Crippen LogP contribution >= 0.6 is 0 Å². The molecule has 4 nitrogen and oxygen atoms in total. The van der Waals surface area contributed by atoms with Gasteiger partial charge in [-0.2, -0.15) is 0 Å². The van der Waals surface area contributed by atoms with Gasteiger partial charge in [-0.25, -0.2) is 4.79 Å². The summed E-state index contributed by atoms with van der Waals surface area (Å²) in [6, 6.07) is 15.0. The summed E-state index contributed by atoms with van der Waals surface area (Å²) in [6.07, 6.45) is 2.63. The van der Waals surface area contributed by atoms with Crippen LogP contribution in [0.25, 0.3) is 0 Å². The zero-order valence-electron chi connectivity index (χ0n) is 13.9. The van der Waals surface area contributed by atoms with E-state index >= 15 is 0 Å². The first-order valence-corrected chi connectivity index (χ1v) is 7.93. The molecule has 2 aromatic rings. The molecule has 0 radical (unpaired) electrons. The number of para-hydroxylation sites is 1. The van der Waals surface area contributed by atoms with Crippen LogP contribution < -0.4 is 4.74 Å². The lowest BCUT2D eigenvalue weighted by molar-refractivity contribution is 0.0694. The Hall–Kier alpha value is -2.59. The van der Waals surface area contributed by atoms with Crippen LogP contribution in [0.3, 0.4) is 0 Å². The van der Waals surface area contributed by atoms with Crippen molar-refractivity contribution in [1.82, 2.24) is 4.90 Å². The molecule has 0 aromatic heterocycles. The van der Waals surface area contributed by atoms with Gasteiger partial charge < -0.3 is 9.84 Å². The van der Waals surface area contributed by atoms with Crippen molar-refractivity contribution in [2.24, 2.45) is 0 Å². The molecule has 0 saturated carbocycles. The van der Waals surface area contributed by atoms with Gasteiger partial charge in [-0.05, 0) is 36.7 Å². The van der Waals surface area contributed by atoms with Gasteiger partial charge in [-0.15, -0.1) is 6.58 Å². The average Bonchev–Trinajstić information content (AvgIpc) is 2.57. The Morgan fingerprint density at radius 2 is 1.83 bits per heavy atom. The molecule has 0 bridgehead atoms. The minimum absolute atomic E-state index is 0.349. The highest BCUT2D eigenvalue weighted by atomic mass is 16.5. The van der Waals surface area contributed by atoms with E-state index in [0.717, 1.165) is 23.3 Å². The molecule has 0 amide bonds. The van der Waals surface area contributed by atoms with Gasteiger partial charge in [0.25, 0.3) is 0 Å². The third-order valence-electron chi connectivity index (χ3n) is 3.76. The fourth-order valence-electron chi connectivity index (χ4n) is 2.52. The molecule has 24 heavy (non-hydrogen) atoms. The van der Waals surface area contributed by atoms with E-state index in [1.165, 1.54) is 0 Å². The van der Waals surface area contributed by atoms with Crippen LogP contribution in [0.1, 0.15) is 21.5 Å². The number of rotatable bonds is 9. The zero-order chi connectivity index (χ0) is 17.4. The smallest absolute Gasteiger partial charge is 0.336 e. The molecule has 0 saturated heterocycles. The van der Waals surface area contributed by atoms with Crippen LogP contribution in [0, 0.1) is 0 Å². The number of carboxylic acid groups (broad SMARTS) is 1. The maximum absolute atomic E-state index is 11.3. The lowest BCUT2D eigenvalue weighted by Crippen LogP contribution is -2.25. The minimum atomic E-state index is -0.895. The van der Waals surface area contributed by atoms with Crippen molar-refractivity contribution in [3.05, 3.63) is 77.9 Å². The summed E-state index contributed by atoms with van der Waals surface area (Å²) >= 11 is 0. The molecule has 0 fully saturated rings. The Morgan fingerprint density at radius 1 is 1.17 bits per heavy atom. The van der Waals surface area contributed by atoms with Gasteiger partial charge in [-0.3, -0.25) is 4.90 Å². The Labute approximate surface area is 143 Å². The normalized spacial score (nSPS) is 10.6. The van der Waals surface area contributed by atoms with E-state index in [-0.39, 0.29) is 0 Å². The molecule has 0 heterocycles. The zero-order valence-corrected chi connectivity index (χ0v) is 13.9. The summed E-state index contributed by atoms with van der Waals surface area (Å²) in [5.74, 6) is -0.0228. The quantitative estimate of drug-likeness (QED) is 0.715. The summed E-state index contributed by atoms with van der Waals surface area (Å²) in [5.41, 5.74) is 2.27. The number of hydrogen-bond donors (Lipinski definition) is 1. The standard InChI is InChI=1S/C20H23NO3/c1-3-8-16-9-5-7-12-19(16)24-14-13-21(2)15-17-10-4-6-11-18(17)20(22)23/h3-7,9-12H,1,8,13-15H2,2H3,(H,22,23). The van der Waals surface area contributed by atoms with Crippen molar-refractivity contribution in [3.63, 3.8) is 0 Å². The number of hydrogen-bond acceptors (Lipinski definition) is 3. The number of carboxylic acids is 1. The number of benzene rings is 2. The molecule has 2 rings (SSSR count). The highest BCUT2D eigenvalue weighted by Gasteiger charge is 2.11. The summed E-state index contributed by atoms with van der Waals surface area (Å²) in [5, 5.41) is 9.23. The summed E-state index contributed by atoms with van der Waals surface area (Å²) in [7, 11) is 1.96. The molecule has 2 aromatic carbocycles. The van der Waals surface area contributed by atoms with Crippen LogP contribution in [-0.2, 0) is 13.0 Å². The second-order valence-electron chi connectivity index (χ2n) is 5.65. The number of ether oxygens (including phenoxy) is 1. The first kappa shape index (κ1) is 17.8. The summed E-state index contributed by atoms with van der Waals surface area (Å²) in [6.45, 7) is 5.58. The molecule has 4 heteroatoms. The highest BCUT2D eigenvalue weighted by Crippen LogP contribution is 2.18. The fraction of sp³-hybridized carbons (Fsp3) is 0.250. The lowest BCUT2D eigenvalue weighted by Gasteiger charge is -2.19. The van der Waals surface area contributed by atoms with Gasteiger partial charge in [0.2, 0.25) is 0 Å². The Balaban J connectivity index is 1.89. The van der Waals surface area contributed by atoms with Crippen LogP contribution in [-0.4, -0.2) is 36.2 Å². The van der Waals surface area contributed by atoms with Crippen LogP contribution in [0.4, 0.5) is 0 Å². The van der Waals surface area contributed by atoms with Gasteiger partial charge >= 0.3 is 5.97 Å². The van der Waals surface area contributed by atoms with E-state index in [0.29, 0.717) is 25.3 Å². The number of nitrogens with zero attached hydrogens (tertiary/aromatic N) is 1. The summed E-state index contributed by atoms with van der Waals surface area (Å²) < 4.78 is 5.87. The third kappa shape index (κ3) is 4.96. The second-order valence-corrected chi connectivity index (χ2v) is 5.65. The average molecular weight is 325 g/mol. The van der Waals surface area contributed by atoms with E-state index in [1.54, 1.807) is 12.1 Å². The largest absolute Gasteiger partial charge is 0.492 e. The van der Waals surface area contributed by atoms with E-state index in [1.807, 2.05) is 49.5 Å². The van der Waals surface area contributed by atoms with Gasteiger partial charge in [0.05, 0.1) is 5.56 Å². The molecule has 0 spiro atoms. The van der Waals surface area contributed by atoms with E-state index in [9.17, 15) is 9.90 Å². The minimum Gasteiger partial charge on any atom is -0.492 e. The predicted molar refractivity (Wildman–Crippen MR) is 95.6 cm³/mol. The fourth-order valence-corrected chi connectivity index (χ4v) is 2.52. The van der Waals surface area contributed by atoms with Gasteiger partial charge in [-0.1, -0.05) is 42.5 Å². The van der Waals surface area contributed by atoms with E-state index < -0.39 is 5.97 Å². The predicted octanol–water partition coefficient (Wildman–Crippen LogP) is 3.62. The van der Waals surface area contributed by atoms with E-state index in [4.69, 9.17) is 4.74 Å². The van der Waals surface area contributed by atoms with Crippen molar-refractivity contribution < 1.29 is 14.6 Å². The van der Waals surface area contributed by atoms with Crippen LogP contribution in [0.2, 0.25) is 0 Å². The number of allylic oxidation sites excluding steroid dienone is 1. The summed E-state index contributed by atoms with van der Waals surface area (Å²) in [4.78, 5) is 13.3. The Bertz CT molecular complexity index is 697. The number of carbonyl (C=O) groups is 1. The highest BCUT2D eigenvalue weighted by molar-refractivity contribution is 5.89. The molecule has 0 unspecified atom stereocenters. The molecule has 0 atom stereocenters. The maximum Gasteiger partial charge on any atom is 0.336 e. The molecule has 0 aliphatic heterocycles. The van der Waals surface area contributed by atoms with Crippen LogP contribution in [0.5, 0.6) is 5.75 Å². The molecular weight excluding hydrogens is 302 g/mol.